The zero-order chi connectivity index (χ0) is 16.6. The lowest BCUT2D eigenvalue weighted by molar-refractivity contribution is -0.113. The summed E-state index contributed by atoms with van der Waals surface area (Å²) in [6.45, 7) is 0. The van der Waals surface area contributed by atoms with Crippen molar-refractivity contribution in [1.82, 2.24) is 10.2 Å². The van der Waals surface area contributed by atoms with Gasteiger partial charge in [-0.05, 0) is 36.4 Å². The zero-order valence-corrected chi connectivity index (χ0v) is 14.1. The molecule has 0 saturated heterocycles. The van der Waals surface area contributed by atoms with Gasteiger partial charge in [0.2, 0.25) is 5.91 Å². The van der Waals surface area contributed by atoms with E-state index >= 15 is 0 Å². The number of benzene rings is 2. The summed E-state index contributed by atoms with van der Waals surface area (Å²) in [4.78, 5) is 11.9. The predicted octanol–water partition coefficient (Wildman–Crippen LogP) is 4.68. The molecule has 3 rings (SSSR count). The molecule has 0 spiro atoms. The Bertz CT molecular complexity index is 804. The molecule has 0 radical (unpaired) electrons. The Labute approximate surface area is 147 Å². The average molecular weight is 355 g/mol. The van der Waals surface area contributed by atoms with Crippen LogP contribution in [0.15, 0.2) is 74.7 Å². The van der Waals surface area contributed by atoms with Crippen LogP contribution in [-0.4, -0.2) is 21.9 Å². The van der Waals surface area contributed by atoms with Crippen molar-refractivity contribution < 1.29 is 4.79 Å². The van der Waals surface area contributed by atoms with Crippen LogP contribution in [0.2, 0.25) is 0 Å². The van der Waals surface area contributed by atoms with Gasteiger partial charge >= 0.3 is 0 Å². The second-order valence-electron chi connectivity index (χ2n) is 4.62. The lowest BCUT2D eigenvalue weighted by atomic mass is 10.3. The molecule has 0 fully saturated rings. The van der Waals surface area contributed by atoms with Crippen molar-refractivity contribution in [3.8, 4) is 0 Å². The second-order valence-corrected chi connectivity index (χ2v) is 6.68. The van der Waals surface area contributed by atoms with Gasteiger partial charge in [-0.25, -0.2) is 0 Å². The SMILES string of the molecule is O=C(CSc1nncs1)Nc1ccc(N=Nc2ccccc2)cc1. The number of anilines is 1. The summed E-state index contributed by atoms with van der Waals surface area (Å²) in [5.41, 5.74) is 3.88. The molecular formula is C16H13N5OS2. The lowest BCUT2D eigenvalue weighted by Crippen LogP contribution is -2.13. The van der Waals surface area contributed by atoms with Crippen LogP contribution in [0.4, 0.5) is 17.1 Å². The van der Waals surface area contributed by atoms with Crippen LogP contribution in [0.5, 0.6) is 0 Å². The first-order valence-corrected chi connectivity index (χ1v) is 8.92. The van der Waals surface area contributed by atoms with Crippen LogP contribution in [0.3, 0.4) is 0 Å². The standard InChI is InChI=1S/C16H13N5OS2/c22-15(10-23-16-21-17-11-24-16)18-12-6-8-14(9-7-12)20-19-13-4-2-1-3-5-13/h1-9,11H,10H2,(H,18,22). The summed E-state index contributed by atoms with van der Waals surface area (Å²) >= 11 is 2.78. The molecule has 1 heterocycles. The molecule has 3 aromatic rings. The van der Waals surface area contributed by atoms with E-state index in [9.17, 15) is 4.79 Å². The van der Waals surface area contributed by atoms with Gasteiger partial charge in [0.05, 0.1) is 17.1 Å². The van der Waals surface area contributed by atoms with Crippen LogP contribution in [0.25, 0.3) is 0 Å². The van der Waals surface area contributed by atoms with Crippen molar-refractivity contribution in [3.05, 3.63) is 60.1 Å². The number of rotatable bonds is 6. The molecule has 0 unspecified atom stereocenters. The Morgan fingerprint density at radius 3 is 2.42 bits per heavy atom. The Balaban J connectivity index is 1.52. The lowest BCUT2D eigenvalue weighted by Gasteiger charge is -2.04. The molecule has 0 aliphatic rings. The van der Waals surface area contributed by atoms with E-state index in [2.05, 4.69) is 25.7 Å². The van der Waals surface area contributed by atoms with Crippen molar-refractivity contribution in [2.24, 2.45) is 10.2 Å². The molecule has 2 aromatic carbocycles. The number of hydrogen-bond donors (Lipinski definition) is 1. The van der Waals surface area contributed by atoms with Gasteiger partial charge in [-0.3, -0.25) is 4.79 Å². The normalized spacial score (nSPS) is 10.8. The summed E-state index contributed by atoms with van der Waals surface area (Å²) in [5, 5.41) is 18.7. The highest BCUT2D eigenvalue weighted by molar-refractivity contribution is 8.01. The third-order valence-electron chi connectivity index (χ3n) is 2.85. The van der Waals surface area contributed by atoms with Crippen LogP contribution in [0, 0.1) is 0 Å². The maximum atomic E-state index is 11.9. The van der Waals surface area contributed by atoms with Crippen LogP contribution in [-0.2, 0) is 4.79 Å². The van der Waals surface area contributed by atoms with E-state index in [1.54, 1.807) is 29.8 Å². The van der Waals surface area contributed by atoms with E-state index in [1.165, 1.54) is 23.1 Å². The van der Waals surface area contributed by atoms with Crippen molar-refractivity contribution in [2.75, 3.05) is 11.1 Å². The van der Waals surface area contributed by atoms with Crippen molar-refractivity contribution >= 4 is 46.1 Å². The predicted molar refractivity (Wildman–Crippen MR) is 96.3 cm³/mol. The minimum atomic E-state index is -0.0890. The molecular weight excluding hydrogens is 342 g/mol. The number of nitrogens with one attached hydrogen (secondary N) is 1. The number of thioether (sulfide) groups is 1. The van der Waals surface area contributed by atoms with E-state index in [0.717, 1.165) is 21.4 Å². The molecule has 0 atom stereocenters. The summed E-state index contributed by atoms with van der Waals surface area (Å²) in [6.07, 6.45) is 0. The van der Waals surface area contributed by atoms with E-state index < -0.39 is 0 Å². The molecule has 8 heteroatoms. The summed E-state index contributed by atoms with van der Waals surface area (Å²) < 4.78 is 0.779. The van der Waals surface area contributed by atoms with Crippen molar-refractivity contribution in [3.63, 3.8) is 0 Å². The average Bonchev–Trinajstić information content (AvgIpc) is 3.14. The van der Waals surface area contributed by atoms with Crippen LogP contribution >= 0.6 is 23.1 Å². The molecule has 0 saturated carbocycles. The molecule has 1 N–H and O–H groups in total. The number of aromatic nitrogens is 2. The van der Waals surface area contributed by atoms with Gasteiger partial charge in [0.1, 0.15) is 5.51 Å². The number of amides is 1. The number of azo groups is 1. The van der Waals surface area contributed by atoms with E-state index in [1.807, 2.05) is 30.3 Å². The highest BCUT2D eigenvalue weighted by Crippen LogP contribution is 2.21. The number of hydrogen-bond acceptors (Lipinski definition) is 7. The van der Waals surface area contributed by atoms with E-state index in [0.29, 0.717) is 5.75 Å². The number of nitrogens with zero attached hydrogens (tertiary/aromatic N) is 4. The molecule has 0 aliphatic carbocycles. The van der Waals surface area contributed by atoms with Crippen LogP contribution < -0.4 is 5.32 Å². The Hall–Kier alpha value is -2.58. The first-order chi connectivity index (χ1) is 11.8. The fourth-order valence-electron chi connectivity index (χ4n) is 1.77. The number of carbonyl (C=O) groups excluding carboxylic acids is 1. The summed E-state index contributed by atoms with van der Waals surface area (Å²) in [6, 6.07) is 16.7. The molecule has 1 aromatic heterocycles. The van der Waals surface area contributed by atoms with Gasteiger partial charge in [0.15, 0.2) is 4.34 Å². The quantitative estimate of drug-likeness (QED) is 0.514. The van der Waals surface area contributed by atoms with Gasteiger partial charge in [-0.15, -0.1) is 10.2 Å². The highest BCUT2D eigenvalue weighted by atomic mass is 32.2. The van der Waals surface area contributed by atoms with Crippen LogP contribution in [0.1, 0.15) is 0 Å². The Kier molecular flexibility index (Phi) is 5.65. The van der Waals surface area contributed by atoms with Gasteiger partial charge in [-0.2, -0.15) is 10.2 Å². The maximum Gasteiger partial charge on any atom is 0.234 e. The topological polar surface area (TPSA) is 79.6 Å². The van der Waals surface area contributed by atoms with E-state index in [-0.39, 0.29) is 5.91 Å². The molecule has 1 amide bonds. The third kappa shape index (κ3) is 4.97. The van der Waals surface area contributed by atoms with Crippen molar-refractivity contribution in [1.29, 1.82) is 0 Å². The summed E-state index contributed by atoms with van der Waals surface area (Å²) in [5.74, 6) is 0.207. The van der Waals surface area contributed by atoms with E-state index in [4.69, 9.17) is 0 Å². The third-order valence-corrected chi connectivity index (χ3v) is 4.72. The second kappa shape index (κ2) is 8.32. The Morgan fingerprint density at radius 2 is 1.75 bits per heavy atom. The Morgan fingerprint density at radius 1 is 1.04 bits per heavy atom. The highest BCUT2D eigenvalue weighted by Gasteiger charge is 2.05. The molecule has 24 heavy (non-hydrogen) atoms. The first kappa shape index (κ1) is 16.3. The molecule has 0 bridgehead atoms. The minimum Gasteiger partial charge on any atom is -0.325 e. The first-order valence-electron chi connectivity index (χ1n) is 7.05. The van der Waals surface area contributed by atoms with Gasteiger partial charge in [-0.1, -0.05) is 41.3 Å². The summed E-state index contributed by atoms with van der Waals surface area (Å²) in [7, 11) is 0. The molecule has 120 valence electrons. The van der Waals surface area contributed by atoms with Gasteiger partial charge < -0.3 is 5.32 Å². The fraction of sp³-hybridized carbons (Fsp3) is 0.0625. The largest absolute Gasteiger partial charge is 0.325 e. The minimum absolute atomic E-state index is 0.0890. The molecule has 0 aliphatic heterocycles. The maximum absolute atomic E-state index is 11.9. The fourth-order valence-corrected chi connectivity index (χ4v) is 3.06. The molecule has 6 nitrogen and oxygen atoms in total. The number of carbonyl (C=O) groups is 1. The van der Waals surface area contributed by atoms with Gasteiger partial charge in [0, 0.05) is 5.69 Å². The van der Waals surface area contributed by atoms with Crippen molar-refractivity contribution in [2.45, 2.75) is 4.34 Å². The van der Waals surface area contributed by atoms with Gasteiger partial charge in [0.25, 0.3) is 0 Å². The zero-order valence-electron chi connectivity index (χ0n) is 12.5. The smallest absolute Gasteiger partial charge is 0.234 e. The monoisotopic (exact) mass is 355 g/mol.